The topological polar surface area (TPSA) is 59.5 Å². The van der Waals surface area contributed by atoms with Gasteiger partial charge in [-0.25, -0.2) is 8.42 Å². The largest absolute Gasteiger partial charge is 0.487 e. The summed E-state index contributed by atoms with van der Waals surface area (Å²) >= 11 is 12.7. The Morgan fingerprint density at radius 1 is 0.850 bits per heavy atom. The maximum atomic E-state index is 12.7. The summed E-state index contributed by atoms with van der Waals surface area (Å²) in [5.74, 6) is 0.889. The number of nitrogens with zero attached hydrogens (tertiary/aromatic N) is 2. The average molecular weight is 594 g/mol. The Hall–Kier alpha value is -3.06. The molecule has 2 aliphatic heterocycles. The van der Waals surface area contributed by atoms with E-state index in [1.807, 2.05) is 42.5 Å². The third-order valence-corrected chi connectivity index (χ3v) is 10.3. The molecule has 1 saturated heterocycles. The van der Waals surface area contributed by atoms with Crippen LogP contribution in [0, 0.1) is 0 Å². The first-order valence-corrected chi connectivity index (χ1v) is 16.1. The van der Waals surface area contributed by atoms with Gasteiger partial charge in [-0.2, -0.15) is 0 Å². The second-order valence-corrected chi connectivity index (χ2v) is 13.6. The Kier molecular flexibility index (Phi) is 7.51. The second-order valence-electron chi connectivity index (χ2n) is 10.7. The second kappa shape index (κ2) is 11.1. The summed E-state index contributed by atoms with van der Waals surface area (Å²) in [6.07, 6.45) is 5.42. The normalized spacial score (nSPS) is 16.4. The number of hydrogen-bond donors (Lipinski definition) is 0. The number of benzene rings is 3. The highest BCUT2D eigenvalue weighted by molar-refractivity contribution is 7.89. The van der Waals surface area contributed by atoms with Gasteiger partial charge >= 0.3 is 0 Å². The molecule has 0 saturated carbocycles. The van der Waals surface area contributed by atoms with E-state index in [-0.39, 0.29) is 17.1 Å². The van der Waals surface area contributed by atoms with Crippen molar-refractivity contribution < 1.29 is 13.2 Å². The molecule has 8 heteroatoms. The summed E-state index contributed by atoms with van der Waals surface area (Å²) in [6.45, 7) is 1.74. The maximum Gasteiger partial charge on any atom is 0.160 e. The lowest BCUT2D eigenvalue weighted by Gasteiger charge is -2.45. The number of aromatic nitrogens is 1. The predicted octanol–water partition coefficient (Wildman–Crippen LogP) is 7.53. The molecule has 3 aromatic carbocycles. The number of halogens is 2. The quantitative estimate of drug-likeness (QED) is 0.231. The van der Waals surface area contributed by atoms with Gasteiger partial charge in [0.15, 0.2) is 9.84 Å². The number of hydrogen-bond acceptors (Lipinski definition) is 5. The van der Waals surface area contributed by atoms with Crippen molar-refractivity contribution >= 4 is 38.7 Å². The van der Waals surface area contributed by atoms with Crippen LogP contribution in [0.5, 0.6) is 5.75 Å². The van der Waals surface area contributed by atoms with Crippen molar-refractivity contribution in [2.24, 2.45) is 0 Å². The van der Waals surface area contributed by atoms with E-state index in [1.54, 1.807) is 24.4 Å². The molecule has 1 spiro atoms. The number of anilines is 1. The Balaban J connectivity index is 1.10. The standard InChI is InChI=1S/C32H30Cl2N2O3S/c33-28-5-3-6-29(31(28)34)36-18-15-32(16-19-36)14-13-26-20-25(11-12-30(26)39-32)24-9-7-23(8-10-24)21-40(37,38)22-27-4-1-2-17-35-27/h1-12,17,20H,13-16,18-19,21-22H2. The number of aryl methyl sites for hydroxylation is 1. The molecule has 6 rings (SSSR count). The Morgan fingerprint density at radius 3 is 2.38 bits per heavy atom. The number of sulfone groups is 1. The molecule has 40 heavy (non-hydrogen) atoms. The van der Waals surface area contributed by atoms with Gasteiger partial charge in [0, 0.05) is 32.1 Å². The molecule has 0 aliphatic carbocycles. The van der Waals surface area contributed by atoms with Crippen LogP contribution in [0.25, 0.3) is 11.1 Å². The van der Waals surface area contributed by atoms with Crippen molar-refractivity contribution in [3.63, 3.8) is 0 Å². The lowest BCUT2D eigenvalue weighted by atomic mass is 9.82. The molecule has 0 N–H and O–H groups in total. The van der Waals surface area contributed by atoms with Gasteiger partial charge in [0.2, 0.25) is 0 Å². The first-order chi connectivity index (χ1) is 19.3. The number of fused-ring (bicyclic) bond motifs is 1. The SMILES string of the molecule is O=S(=O)(Cc1ccc(-c2ccc3c(c2)CCC2(CCN(c4cccc(Cl)c4Cl)CC2)O3)cc1)Cc1ccccn1. The summed E-state index contributed by atoms with van der Waals surface area (Å²) in [6, 6.07) is 25.3. The van der Waals surface area contributed by atoms with Gasteiger partial charge in [0.05, 0.1) is 32.9 Å². The van der Waals surface area contributed by atoms with Gasteiger partial charge in [0.25, 0.3) is 0 Å². The molecule has 1 aromatic heterocycles. The van der Waals surface area contributed by atoms with E-state index in [4.69, 9.17) is 27.9 Å². The van der Waals surface area contributed by atoms with Crippen LogP contribution in [0.1, 0.15) is 36.1 Å². The van der Waals surface area contributed by atoms with E-state index in [9.17, 15) is 8.42 Å². The van der Waals surface area contributed by atoms with Gasteiger partial charge in [0.1, 0.15) is 11.4 Å². The van der Waals surface area contributed by atoms with Crippen molar-refractivity contribution in [1.82, 2.24) is 4.98 Å². The highest BCUT2D eigenvalue weighted by atomic mass is 35.5. The Bertz CT molecular complexity index is 1620. The van der Waals surface area contributed by atoms with Crippen LogP contribution in [0.2, 0.25) is 10.0 Å². The Labute approximate surface area is 245 Å². The smallest absolute Gasteiger partial charge is 0.160 e. The van der Waals surface area contributed by atoms with Crippen LogP contribution >= 0.6 is 23.2 Å². The fourth-order valence-electron chi connectivity index (χ4n) is 5.75. The van der Waals surface area contributed by atoms with Gasteiger partial charge < -0.3 is 9.64 Å². The summed E-state index contributed by atoms with van der Waals surface area (Å²) < 4.78 is 32.0. The van der Waals surface area contributed by atoms with Gasteiger partial charge in [-0.3, -0.25) is 4.98 Å². The fourth-order valence-corrected chi connectivity index (χ4v) is 7.59. The van der Waals surface area contributed by atoms with Crippen LogP contribution < -0.4 is 9.64 Å². The summed E-state index contributed by atoms with van der Waals surface area (Å²) in [7, 11) is -3.31. The first-order valence-electron chi connectivity index (χ1n) is 13.5. The van der Waals surface area contributed by atoms with E-state index >= 15 is 0 Å². The van der Waals surface area contributed by atoms with E-state index in [0.29, 0.717) is 15.7 Å². The van der Waals surface area contributed by atoms with Gasteiger partial charge in [-0.1, -0.05) is 65.7 Å². The molecular weight excluding hydrogens is 563 g/mol. The first kappa shape index (κ1) is 27.1. The van der Waals surface area contributed by atoms with Crippen LogP contribution in [0.3, 0.4) is 0 Å². The molecule has 1 fully saturated rings. The minimum Gasteiger partial charge on any atom is -0.487 e. The third kappa shape index (κ3) is 5.85. The molecule has 0 atom stereocenters. The van der Waals surface area contributed by atoms with Crippen molar-refractivity contribution in [2.45, 2.75) is 42.8 Å². The van der Waals surface area contributed by atoms with E-state index in [2.05, 4.69) is 28.1 Å². The zero-order valence-corrected chi connectivity index (χ0v) is 24.4. The molecule has 0 unspecified atom stereocenters. The van der Waals surface area contributed by atoms with E-state index in [0.717, 1.165) is 66.9 Å². The summed E-state index contributed by atoms with van der Waals surface area (Å²) in [4.78, 5) is 6.44. The number of pyridine rings is 1. The fraction of sp³-hybridized carbons (Fsp3) is 0.281. The molecular formula is C32H30Cl2N2O3S. The molecule has 0 bridgehead atoms. The van der Waals surface area contributed by atoms with Crippen LogP contribution in [0.15, 0.2) is 85.1 Å². The highest BCUT2D eigenvalue weighted by Gasteiger charge is 2.40. The Morgan fingerprint density at radius 2 is 1.62 bits per heavy atom. The maximum absolute atomic E-state index is 12.7. The minimum absolute atomic E-state index is 0.00902. The lowest BCUT2D eigenvalue weighted by molar-refractivity contribution is 0.0226. The molecule has 4 aromatic rings. The molecule has 0 amide bonds. The molecule has 3 heterocycles. The van der Waals surface area contributed by atoms with Crippen molar-refractivity contribution in [3.05, 3.63) is 112 Å². The van der Waals surface area contributed by atoms with Crippen molar-refractivity contribution in [1.29, 1.82) is 0 Å². The molecule has 5 nitrogen and oxygen atoms in total. The minimum atomic E-state index is -3.31. The number of rotatable bonds is 6. The van der Waals surface area contributed by atoms with Crippen molar-refractivity contribution in [3.8, 4) is 16.9 Å². The van der Waals surface area contributed by atoms with Crippen LogP contribution in [-0.2, 0) is 27.8 Å². The third-order valence-electron chi connectivity index (χ3n) is 7.95. The van der Waals surface area contributed by atoms with Gasteiger partial charge in [-0.15, -0.1) is 0 Å². The van der Waals surface area contributed by atoms with Crippen LogP contribution in [0.4, 0.5) is 5.69 Å². The molecule has 0 radical (unpaired) electrons. The highest BCUT2D eigenvalue weighted by Crippen LogP contribution is 2.42. The number of piperidine rings is 1. The van der Waals surface area contributed by atoms with E-state index in [1.165, 1.54) is 5.56 Å². The molecule has 2 aliphatic rings. The van der Waals surface area contributed by atoms with Crippen molar-refractivity contribution in [2.75, 3.05) is 18.0 Å². The van der Waals surface area contributed by atoms with E-state index < -0.39 is 9.84 Å². The zero-order chi connectivity index (χ0) is 27.7. The molecule has 206 valence electrons. The summed E-state index contributed by atoms with van der Waals surface area (Å²) in [5, 5.41) is 1.19. The summed E-state index contributed by atoms with van der Waals surface area (Å²) in [5.41, 5.74) is 5.54. The van der Waals surface area contributed by atoms with Gasteiger partial charge in [-0.05, 0) is 71.5 Å². The number of ether oxygens (including phenoxy) is 1. The zero-order valence-electron chi connectivity index (χ0n) is 22.0. The van der Waals surface area contributed by atoms with Crippen LogP contribution in [-0.4, -0.2) is 32.1 Å². The predicted molar refractivity (Wildman–Crippen MR) is 162 cm³/mol. The monoisotopic (exact) mass is 592 g/mol. The average Bonchev–Trinajstić information content (AvgIpc) is 2.95. The lowest BCUT2D eigenvalue weighted by Crippen LogP contribution is -2.49.